The van der Waals surface area contributed by atoms with Crippen LogP contribution in [0.2, 0.25) is 0 Å². The Kier molecular flexibility index (Phi) is 2.52. The average molecular weight is 223 g/mol. The lowest BCUT2D eigenvalue weighted by Crippen LogP contribution is -1.99. The molecule has 3 nitrogen and oxygen atoms in total. The molecule has 16 heavy (non-hydrogen) atoms. The summed E-state index contributed by atoms with van der Waals surface area (Å²) >= 11 is 0. The highest BCUT2D eigenvalue weighted by Crippen LogP contribution is 2.27. The van der Waals surface area contributed by atoms with Gasteiger partial charge in [0, 0.05) is 11.6 Å². The summed E-state index contributed by atoms with van der Waals surface area (Å²) in [7, 11) is 0. The highest BCUT2D eigenvalue weighted by Gasteiger charge is 2.16. The lowest BCUT2D eigenvalue weighted by molar-refractivity contribution is 0.0699. The molecule has 0 atom stereocenters. The van der Waals surface area contributed by atoms with Gasteiger partial charge in [-0.1, -0.05) is 12.1 Å². The van der Waals surface area contributed by atoms with Crippen molar-refractivity contribution in [3.8, 4) is 0 Å². The number of aromatic carboxylic acids is 1. The molecule has 2 aromatic rings. The summed E-state index contributed by atoms with van der Waals surface area (Å²) in [5.41, 5.74) is -0.387. The molecule has 0 radical (unpaired) electrons. The SMILES string of the molecule is O=C(O)c1cccc2c(C(F)F)nccc12. The number of rotatable bonds is 2. The first-order valence-electron chi connectivity index (χ1n) is 4.50. The van der Waals surface area contributed by atoms with Crippen molar-refractivity contribution in [2.75, 3.05) is 0 Å². The first kappa shape index (κ1) is 10.5. The zero-order valence-corrected chi connectivity index (χ0v) is 8.02. The fourth-order valence-corrected chi connectivity index (χ4v) is 1.59. The summed E-state index contributed by atoms with van der Waals surface area (Å²) < 4.78 is 25.2. The quantitative estimate of drug-likeness (QED) is 0.851. The zero-order valence-electron chi connectivity index (χ0n) is 8.02. The highest BCUT2D eigenvalue weighted by molar-refractivity contribution is 6.04. The molecule has 0 spiro atoms. The Morgan fingerprint density at radius 2 is 2.00 bits per heavy atom. The molecular formula is C11H7F2NO2. The number of halogens is 2. The van der Waals surface area contributed by atoms with Gasteiger partial charge >= 0.3 is 5.97 Å². The van der Waals surface area contributed by atoms with Crippen LogP contribution in [-0.4, -0.2) is 16.1 Å². The highest BCUT2D eigenvalue weighted by atomic mass is 19.3. The fourth-order valence-electron chi connectivity index (χ4n) is 1.59. The molecule has 0 unspecified atom stereocenters. The molecule has 1 N–H and O–H groups in total. The number of carbonyl (C=O) groups is 1. The minimum atomic E-state index is -2.72. The number of pyridine rings is 1. The van der Waals surface area contributed by atoms with Gasteiger partial charge in [0.25, 0.3) is 6.43 Å². The van der Waals surface area contributed by atoms with Crippen LogP contribution >= 0.6 is 0 Å². The molecule has 0 bridgehead atoms. The standard InChI is InChI=1S/C11H7F2NO2/c12-10(13)9-7-2-1-3-8(11(15)16)6(7)4-5-14-9/h1-5,10H,(H,15,16). The van der Waals surface area contributed by atoms with Crippen LogP contribution in [0.15, 0.2) is 30.5 Å². The lowest BCUT2D eigenvalue weighted by atomic mass is 10.0. The molecule has 0 saturated heterocycles. The third-order valence-electron chi connectivity index (χ3n) is 2.27. The molecule has 5 heteroatoms. The first-order chi connectivity index (χ1) is 7.61. The van der Waals surface area contributed by atoms with Crippen LogP contribution in [0.25, 0.3) is 10.8 Å². The van der Waals surface area contributed by atoms with Gasteiger partial charge < -0.3 is 5.11 Å². The summed E-state index contributed by atoms with van der Waals surface area (Å²) in [6.45, 7) is 0. The van der Waals surface area contributed by atoms with E-state index in [1.165, 1.54) is 30.5 Å². The van der Waals surface area contributed by atoms with E-state index in [0.29, 0.717) is 0 Å². The van der Waals surface area contributed by atoms with E-state index in [0.717, 1.165) is 0 Å². The number of carboxylic acids is 1. The van der Waals surface area contributed by atoms with Gasteiger partial charge in [0.15, 0.2) is 0 Å². The van der Waals surface area contributed by atoms with Crippen molar-refractivity contribution in [1.29, 1.82) is 0 Å². The fraction of sp³-hybridized carbons (Fsp3) is 0.0909. The number of benzene rings is 1. The van der Waals surface area contributed by atoms with Crippen molar-refractivity contribution < 1.29 is 18.7 Å². The third kappa shape index (κ3) is 1.60. The lowest BCUT2D eigenvalue weighted by Gasteiger charge is -2.06. The Labute approximate surface area is 89.3 Å². The molecule has 82 valence electrons. The second-order valence-electron chi connectivity index (χ2n) is 3.20. The normalized spacial score (nSPS) is 10.9. The molecule has 1 aromatic heterocycles. The van der Waals surface area contributed by atoms with Crippen molar-refractivity contribution in [3.05, 3.63) is 41.7 Å². The minimum absolute atomic E-state index is 0.00167. The number of nitrogens with zero attached hydrogens (tertiary/aromatic N) is 1. The van der Waals surface area contributed by atoms with Gasteiger partial charge in [-0.2, -0.15) is 0 Å². The molecule has 0 aliphatic carbocycles. The van der Waals surface area contributed by atoms with E-state index >= 15 is 0 Å². The Balaban J connectivity index is 2.81. The van der Waals surface area contributed by atoms with E-state index in [1.807, 2.05) is 0 Å². The number of alkyl halides is 2. The van der Waals surface area contributed by atoms with Crippen molar-refractivity contribution >= 4 is 16.7 Å². The number of fused-ring (bicyclic) bond motifs is 1. The van der Waals surface area contributed by atoms with Gasteiger partial charge in [-0.25, -0.2) is 13.6 Å². The number of carboxylic acid groups (broad SMARTS) is 1. The molecule has 0 aliphatic heterocycles. The van der Waals surface area contributed by atoms with E-state index in [4.69, 9.17) is 5.11 Å². The number of aromatic nitrogens is 1. The molecule has 0 saturated carbocycles. The van der Waals surface area contributed by atoms with Gasteiger partial charge in [0.2, 0.25) is 0 Å². The van der Waals surface area contributed by atoms with Gasteiger partial charge in [0.1, 0.15) is 5.69 Å². The van der Waals surface area contributed by atoms with Crippen LogP contribution in [-0.2, 0) is 0 Å². The summed E-state index contributed by atoms with van der Waals surface area (Å²) in [6.07, 6.45) is -1.52. The minimum Gasteiger partial charge on any atom is -0.478 e. The molecule has 1 aromatic carbocycles. The van der Waals surface area contributed by atoms with Crippen molar-refractivity contribution in [3.63, 3.8) is 0 Å². The smallest absolute Gasteiger partial charge is 0.336 e. The number of hydrogen-bond acceptors (Lipinski definition) is 2. The predicted molar refractivity (Wildman–Crippen MR) is 53.7 cm³/mol. The van der Waals surface area contributed by atoms with Crippen molar-refractivity contribution in [2.24, 2.45) is 0 Å². The zero-order chi connectivity index (χ0) is 11.7. The van der Waals surface area contributed by atoms with Crippen molar-refractivity contribution in [2.45, 2.75) is 6.43 Å². The van der Waals surface area contributed by atoms with Crippen LogP contribution < -0.4 is 0 Å². The maximum atomic E-state index is 12.6. The summed E-state index contributed by atoms with van der Waals surface area (Å²) in [5, 5.41) is 9.36. The van der Waals surface area contributed by atoms with Gasteiger partial charge in [-0.3, -0.25) is 4.98 Å². The van der Waals surface area contributed by atoms with E-state index in [-0.39, 0.29) is 22.0 Å². The topological polar surface area (TPSA) is 50.2 Å². The maximum absolute atomic E-state index is 12.6. The molecule has 0 fully saturated rings. The van der Waals surface area contributed by atoms with Gasteiger partial charge in [0.05, 0.1) is 5.56 Å². The van der Waals surface area contributed by atoms with E-state index < -0.39 is 12.4 Å². The van der Waals surface area contributed by atoms with E-state index in [1.54, 1.807) is 0 Å². The maximum Gasteiger partial charge on any atom is 0.336 e. The molecular weight excluding hydrogens is 216 g/mol. The molecule has 0 aliphatic rings. The Hall–Kier alpha value is -2.04. The average Bonchev–Trinajstić information content (AvgIpc) is 2.27. The summed E-state index contributed by atoms with van der Waals surface area (Å²) in [5.74, 6) is -1.14. The summed E-state index contributed by atoms with van der Waals surface area (Å²) in [4.78, 5) is 14.5. The van der Waals surface area contributed by atoms with Crippen LogP contribution in [0, 0.1) is 0 Å². The van der Waals surface area contributed by atoms with Crippen LogP contribution in [0.4, 0.5) is 8.78 Å². The summed E-state index contributed by atoms with van der Waals surface area (Å²) in [6, 6.07) is 5.67. The van der Waals surface area contributed by atoms with Crippen LogP contribution in [0.1, 0.15) is 22.5 Å². The first-order valence-corrected chi connectivity index (χ1v) is 4.50. The van der Waals surface area contributed by atoms with Gasteiger partial charge in [-0.05, 0) is 17.5 Å². The number of hydrogen-bond donors (Lipinski definition) is 1. The molecule has 2 rings (SSSR count). The van der Waals surface area contributed by atoms with E-state index in [2.05, 4.69) is 4.98 Å². The van der Waals surface area contributed by atoms with Crippen LogP contribution in [0.3, 0.4) is 0 Å². The Morgan fingerprint density at radius 1 is 1.25 bits per heavy atom. The second-order valence-corrected chi connectivity index (χ2v) is 3.20. The molecule has 0 amide bonds. The Morgan fingerprint density at radius 3 is 2.62 bits per heavy atom. The van der Waals surface area contributed by atoms with Crippen molar-refractivity contribution in [1.82, 2.24) is 4.98 Å². The molecule has 1 heterocycles. The van der Waals surface area contributed by atoms with Crippen LogP contribution in [0.5, 0.6) is 0 Å². The largest absolute Gasteiger partial charge is 0.478 e. The monoisotopic (exact) mass is 223 g/mol. The predicted octanol–water partition coefficient (Wildman–Crippen LogP) is 2.87. The second kappa shape index (κ2) is 3.84. The third-order valence-corrected chi connectivity index (χ3v) is 2.27. The van der Waals surface area contributed by atoms with Gasteiger partial charge in [-0.15, -0.1) is 0 Å². The Bertz CT molecular complexity index is 555. The van der Waals surface area contributed by atoms with E-state index in [9.17, 15) is 13.6 Å².